The Balaban J connectivity index is 2.26. The van der Waals surface area contributed by atoms with E-state index >= 15 is 0 Å². The summed E-state index contributed by atoms with van der Waals surface area (Å²) in [4.78, 5) is 0. The van der Waals surface area contributed by atoms with Gasteiger partial charge in [0.15, 0.2) is 0 Å². The van der Waals surface area contributed by atoms with Crippen molar-refractivity contribution >= 4 is 10.1 Å². The zero-order valence-electron chi connectivity index (χ0n) is 9.77. The van der Waals surface area contributed by atoms with Gasteiger partial charge < -0.3 is 9.92 Å². The van der Waals surface area contributed by atoms with Crippen LogP contribution in [-0.4, -0.2) is 20.0 Å². The molecule has 1 aliphatic carbocycles. The molecule has 19 heavy (non-hydrogen) atoms. The van der Waals surface area contributed by atoms with Crippen molar-refractivity contribution in [1.29, 1.82) is 0 Å². The van der Waals surface area contributed by atoms with Crippen LogP contribution in [0, 0.1) is 0 Å². The van der Waals surface area contributed by atoms with E-state index in [2.05, 4.69) is 4.18 Å². The fourth-order valence-corrected chi connectivity index (χ4v) is 2.44. The topological polar surface area (TPSA) is 69.4 Å². The van der Waals surface area contributed by atoms with E-state index in [0.29, 0.717) is 6.42 Å². The van der Waals surface area contributed by atoms with E-state index in [-0.39, 0.29) is 11.8 Å². The van der Waals surface area contributed by atoms with Crippen LogP contribution in [-0.2, 0) is 23.0 Å². The summed E-state index contributed by atoms with van der Waals surface area (Å²) in [6.45, 7) is 0. The molecule has 1 atom stereocenters. The molecule has 0 aromatic heterocycles. The fraction of sp³-hybridized carbons (Fsp3) is 0.455. The Labute approximate surface area is 108 Å². The van der Waals surface area contributed by atoms with E-state index in [1.54, 1.807) is 6.07 Å². The van der Waals surface area contributed by atoms with Gasteiger partial charge in [-0.2, -0.15) is 21.6 Å². The monoisotopic (exact) mass is 295 g/mol. The minimum atomic E-state index is -5.62. The van der Waals surface area contributed by atoms with E-state index in [1.807, 2.05) is 0 Å². The van der Waals surface area contributed by atoms with Crippen LogP contribution in [0.2, 0.25) is 0 Å². The molecule has 0 aliphatic heterocycles. The van der Waals surface area contributed by atoms with Crippen LogP contribution in [0.15, 0.2) is 18.2 Å². The Hall–Kier alpha value is -1.28. The Morgan fingerprint density at radius 1 is 1.26 bits per heavy atom. The van der Waals surface area contributed by atoms with E-state index in [9.17, 15) is 21.6 Å². The molecule has 1 aromatic rings. The summed E-state index contributed by atoms with van der Waals surface area (Å²) < 4.78 is 62.4. The lowest BCUT2D eigenvalue weighted by atomic mass is 9.89. The SMILES string of the molecule is NC1CCc2ccc(OS(=O)(=O)C(F)(F)F)cc2C1. The second-order valence-corrected chi connectivity index (χ2v) is 5.95. The average Bonchev–Trinajstić information content (AvgIpc) is 2.26. The molecule has 0 amide bonds. The van der Waals surface area contributed by atoms with Crippen molar-refractivity contribution in [3.8, 4) is 5.75 Å². The van der Waals surface area contributed by atoms with Gasteiger partial charge in [-0.05, 0) is 42.5 Å². The third kappa shape index (κ3) is 3.01. The molecule has 0 saturated heterocycles. The Kier molecular flexibility index (Phi) is 3.48. The first kappa shape index (κ1) is 14.1. The number of rotatable bonds is 2. The van der Waals surface area contributed by atoms with Crippen LogP contribution in [0.25, 0.3) is 0 Å². The molecule has 0 heterocycles. The highest BCUT2D eigenvalue weighted by Gasteiger charge is 2.48. The third-order valence-corrected chi connectivity index (χ3v) is 3.91. The van der Waals surface area contributed by atoms with Crippen molar-refractivity contribution in [3.05, 3.63) is 29.3 Å². The quantitative estimate of drug-likeness (QED) is 0.666. The van der Waals surface area contributed by atoms with Gasteiger partial charge in [-0.25, -0.2) is 0 Å². The molecule has 1 aromatic carbocycles. The largest absolute Gasteiger partial charge is 0.534 e. The van der Waals surface area contributed by atoms with E-state index in [1.165, 1.54) is 12.1 Å². The first-order valence-electron chi connectivity index (χ1n) is 5.57. The van der Waals surface area contributed by atoms with Gasteiger partial charge in [-0.3, -0.25) is 0 Å². The lowest BCUT2D eigenvalue weighted by Gasteiger charge is -2.21. The molecular formula is C11H12F3NO3S. The van der Waals surface area contributed by atoms with Gasteiger partial charge in [0.05, 0.1) is 0 Å². The molecule has 2 N–H and O–H groups in total. The molecule has 0 spiro atoms. The van der Waals surface area contributed by atoms with E-state index in [4.69, 9.17) is 5.73 Å². The van der Waals surface area contributed by atoms with E-state index in [0.717, 1.165) is 24.0 Å². The highest BCUT2D eigenvalue weighted by molar-refractivity contribution is 7.87. The lowest BCUT2D eigenvalue weighted by molar-refractivity contribution is -0.0500. The van der Waals surface area contributed by atoms with Gasteiger partial charge in [-0.15, -0.1) is 0 Å². The average molecular weight is 295 g/mol. The van der Waals surface area contributed by atoms with Crippen LogP contribution in [0.1, 0.15) is 17.5 Å². The van der Waals surface area contributed by atoms with Gasteiger partial charge >= 0.3 is 15.6 Å². The summed E-state index contributed by atoms with van der Waals surface area (Å²) in [7, 11) is -5.62. The molecule has 1 unspecified atom stereocenters. The van der Waals surface area contributed by atoms with Crippen molar-refractivity contribution in [2.24, 2.45) is 5.73 Å². The second kappa shape index (κ2) is 4.68. The minimum Gasteiger partial charge on any atom is -0.376 e. The van der Waals surface area contributed by atoms with Crippen LogP contribution >= 0.6 is 0 Å². The number of fused-ring (bicyclic) bond motifs is 1. The maximum absolute atomic E-state index is 12.2. The molecule has 8 heteroatoms. The third-order valence-electron chi connectivity index (χ3n) is 2.93. The molecule has 0 bridgehead atoms. The van der Waals surface area contributed by atoms with Crippen molar-refractivity contribution < 1.29 is 25.8 Å². The first-order valence-corrected chi connectivity index (χ1v) is 6.98. The zero-order valence-corrected chi connectivity index (χ0v) is 10.6. The van der Waals surface area contributed by atoms with Crippen molar-refractivity contribution in [2.75, 3.05) is 0 Å². The molecule has 0 fully saturated rings. The van der Waals surface area contributed by atoms with Gasteiger partial charge in [-0.1, -0.05) is 6.07 Å². The standard InChI is InChI=1S/C11H12F3NO3S/c12-11(13,14)19(16,17)18-10-4-2-7-1-3-9(15)5-8(7)6-10/h2,4,6,9H,1,3,5,15H2. The number of hydrogen-bond acceptors (Lipinski definition) is 4. The summed E-state index contributed by atoms with van der Waals surface area (Å²) in [5.74, 6) is -0.342. The molecule has 0 saturated carbocycles. The van der Waals surface area contributed by atoms with Crippen LogP contribution in [0.4, 0.5) is 13.2 Å². The Morgan fingerprint density at radius 2 is 1.95 bits per heavy atom. The number of benzene rings is 1. The van der Waals surface area contributed by atoms with Gasteiger partial charge in [0.1, 0.15) is 5.75 Å². The highest BCUT2D eigenvalue weighted by atomic mass is 32.2. The summed E-state index contributed by atoms with van der Waals surface area (Å²) in [5, 5.41) is 0. The maximum Gasteiger partial charge on any atom is 0.534 e. The van der Waals surface area contributed by atoms with E-state index < -0.39 is 15.6 Å². The summed E-state index contributed by atoms with van der Waals surface area (Å²) in [6, 6.07) is 4.03. The van der Waals surface area contributed by atoms with Crippen molar-refractivity contribution in [1.82, 2.24) is 0 Å². The first-order chi connectivity index (χ1) is 8.69. The van der Waals surface area contributed by atoms with Crippen molar-refractivity contribution in [3.63, 3.8) is 0 Å². The number of nitrogens with two attached hydrogens (primary N) is 1. The number of hydrogen-bond donors (Lipinski definition) is 1. The molecular weight excluding hydrogens is 283 g/mol. The van der Waals surface area contributed by atoms with Crippen LogP contribution in [0.5, 0.6) is 5.75 Å². The second-order valence-electron chi connectivity index (χ2n) is 4.42. The molecule has 2 rings (SSSR count). The predicted molar refractivity (Wildman–Crippen MR) is 62.0 cm³/mol. The molecule has 1 aliphatic rings. The fourth-order valence-electron chi connectivity index (χ4n) is 1.99. The zero-order chi connectivity index (χ0) is 14.3. The summed E-state index contributed by atoms with van der Waals surface area (Å²) >= 11 is 0. The predicted octanol–water partition coefficient (Wildman–Crippen LogP) is 1.73. The summed E-state index contributed by atoms with van der Waals surface area (Å²) in [6.07, 6.45) is 2.02. The Morgan fingerprint density at radius 3 is 2.58 bits per heavy atom. The minimum absolute atomic E-state index is 0.0676. The Bertz CT molecular complexity index is 583. The normalized spacial score (nSPS) is 19.9. The maximum atomic E-state index is 12.2. The number of alkyl halides is 3. The van der Waals surface area contributed by atoms with Gasteiger partial charge in [0.25, 0.3) is 0 Å². The summed E-state index contributed by atoms with van der Waals surface area (Å²) in [5.41, 5.74) is 2.01. The lowest BCUT2D eigenvalue weighted by Crippen LogP contribution is -2.29. The highest BCUT2D eigenvalue weighted by Crippen LogP contribution is 2.30. The smallest absolute Gasteiger partial charge is 0.376 e. The van der Waals surface area contributed by atoms with Gasteiger partial charge in [0.2, 0.25) is 0 Å². The number of halogens is 3. The molecule has 4 nitrogen and oxygen atoms in total. The molecule has 106 valence electrons. The van der Waals surface area contributed by atoms with Crippen molar-refractivity contribution in [2.45, 2.75) is 30.8 Å². The van der Waals surface area contributed by atoms with Crippen LogP contribution in [0.3, 0.4) is 0 Å². The van der Waals surface area contributed by atoms with Crippen LogP contribution < -0.4 is 9.92 Å². The van der Waals surface area contributed by atoms with Gasteiger partial charge in [0, 0.05) is 6.04 Å². The number of aryl methyl sites for hydroxylation is 1. The molecule has 0 radical (unpaired) electrons.